The first kappa shape index (κ1) is 32.7. The number of carbonyl (C=O) groups excluding carboxylic acids is 4. The van der Waals surface area contributed by atoms with E-state index in [4.69, 9.17) is 14.2 Å². The summed E-state index contributed by atoms with van der Waals surface area (Å²) in [7, 11) is 1.55. The third kappa shape index (κ3) is 6.37. The van der Waals surface area contributed by atoms with Crippen LogP contribution in [0, 0.1) is 11.8 Å². The number of fused-ring (bicyclic) bond motifs is 1. The number of hydrogen-bond acceptors (Lipinski definition) is 8. The zero-order valence-corrected chi connectivity index (χ0v) is 26.2. The van der Waals surface area contributed by atoms with Gasteiger partial charge in [0.25, 0.3) is 5.91 Å². The Kier molecular flexibility index (Phi) is 10.7. The summed E-state index contributed by atoms with van der Waals surface area (Å²) in [5, 5.41) is 12.3. The first-order valence-electron chi connectivity index (χ1n) is 14.5. The second-order valence-electron chi connectivity index (χ2n) is 11.1. The molecule has 11 nitrogen and oxygen atoms in total. The summed E-state index contributed by atoms with van der Waals surface area (Å²) >= 11 is 3.65. The molecule has 2 bridgehead atoms. The van der Waals surface area contributed by atoms with Crippen molar-refractivity contribution in [1.82, 2.24) is 10.2 Å². The predicted molar refractivity (Wildman–Crippen MR) is 163 cm³/mol. The van der Waals surface area contributed by atoms with Gasteiger partial charge in [-0.05, 0) is 50.5 Å². The van der Waals surface area contributed by atoms with E-state index in [2.05, 4.69) is 34.4 Å². The second-order valence-corrected chi connectivity index (χ2v) is 12.3. The summed E-state index contributed by atoms with van der Waals surface area (Å²) in [5.74, 6) is -2.82. The number of methoxy groups -OCH3 is 1. The van der Waals surface area contributed by atoms with Gasteiger partial charge in [-0.15, -0.1) is 13.2 Å². The molecule has 234 valence electrons. The molecule has 3 aliphatic heterocycles. The molecule has 3 saturated heterocycles. The number of carbonyl (C=O) groups is 4. The Morgan fingerprint density at radius 3 is 2.63 bits per heavy atom. The van der Waals surface area contributed by atoms with Crippen molar-refractivity contribution in [3.05, 3.63) is 49.6 Å². The lowest BCUT2D eigenvalue weighted by Gasteiger charge is -2.37. The molecule has 3 heterocycles. The van der Waals surface area contributed by atoms with E-state index < -0.39 is 41.7 Å². The van der Waals surface area contributed by atoms with Gasteiger partial charge in [0.2, 0.25) is 11.8 Å². The summed E-state index contributed by atoms with van der Waals surface area (Å²) in [6.45, 7) is 9.32. The van der Waals surface area contributed by atoms with Crippen LogP contribution in [0.25, 0.3) is 0 Å². The van der Waals surface area contributed by atoms with Gasteiger partial charge in [-0.2, -0.15) is 0 Å². The van der Waals surface area contributed by atoms with Crippen LogP contribution >= 0.6 is 15.9 Å². The van der Waals surface area contributed by atoms with Crippen molar-refractivity contribution in [2.75, 3.05) is 38.3 Å². The molecule has 12 heteroatoms. The molecule has 4 rings (SSSR count). The monoisotopic (exact) mass is 661 g/mol. The van der Waals surface area contributed by atoms with E-state index in [-0.39, 0.29) is 61.6 Å². The number of benzene rings is 1. The van der Waals surface area contributed by atoms with Gasteiger partial charge in [0.15, 0.2) is 0 Å². The van der Waals surface area contributed by atoms with E-state index >= 15 is 0 Å². The fourth-order valence-corrected chi connectivity index (χ4v) is 7.36. The van der Waals surface area contributed by atoms with Crippen molar-refractivity contribution in [2.45, 2.75) is 61.3 Å². The predicted octanol–water partition coefficient (Wildman–Crippen LogP) is 2.36. The molecule has 2 N–H and O–H groups in total. The van der Waals surface area contributed by atoms with E-state index in [9.17, 15) is 24.3 Å². The zero-order chi connectivity index (χ0) is 31.3. The fourth-order valence-electron chi connectivity index (χ4n) is 6.42. The maximum Gasteiger partial charge on any atom is 0.312 e. The fraction of sp³-hybridized carbons (Fsp3) is 0.548. The maximum atomic E-state index is 14.5. The number of halogens is 1. The standard InChI is InChI=1S/C31H40BrN3O8/c1-5-7-9-23(37)33-18-19(3)42-30(40)24-25-28(38)35(15-8-16-36)27(31(25)17-22(32)26(24)43-31)29(39)34(14-6-2)20-10-12-21(41-4)13-11-20/h5-6,10-13,19,22,24-27,36H,1-2,7-9,14-18H2,3-4H3,(H,33,37)/t19-,22?,24-,25+,26-,27-,31+/m0/s1. The highest BCUT2D eigenvalue weighted by molar-refractivity contribution is 9.09. The van der Waals surface area contributed by atoms with Crippen LogP contribution in [-0.2, 0) is 28.7 Å². The van der Waals surface area contributed by atoms with Crippen LogP contribution in [0.5, 0.6) is 5.75 Å². The molecule has 0 aliphatic carbocycles. The molecular formula is C31H40BrN3O8. The first-order chi connectivity index (χ1) is 20.6. The lowest BCUT2D eigenvalue weighted by Crippen LogP contribution is -2.57. The van der Waals surface area contributed by atoms with Gasteiger partial charge < -0.3 is 34.4 Å². The van der Waals surface area contributed by atoms with Gasteiger partial charge in [0, 0.05) is 36.6 Å². The number of aliphatic hydroxyl groups is 1. The molecule has 1 spiro atoms. The SMILES string of the molecule is C=CCCC(=O)NC[C@H](C)OC(=O)[C@@H]1[C@H]2O[C@@]3(CC2Br)[C@H](C(=O)N(CC=C)c2ccc(OC)cc2)N(CCCO)C(=O)[C@@H]13. The van der Waals surface area contributed by atoms with Crippen LogP contribution < -0.4 is 15.0 Å². The van der Waals surface area contributed by atoms with Crippen molar-refractivity contribution < 1.29 is 38.5 Å². The zero-order valence-electron chi connectivity index (χ0n) is 24.6. The van der Waals surface area contributed by atoms with Crippen LogP contribution in [0.1, 0.15) is 32.6 Å². The van der Waals surface area contributed by atoms with E-state index in [1.54, 1.807) is 50.5 Å². The Morgan fingerprint density at radius 2 is 2.00 bits per heavy atom. The van der Waals surface area contributed by atoms with Gasteiger partial charge >= 0.3 is 5.97 Å². The minimum atomic E-state index is -1.28. The smallest absolute Gasteiger partial charge is 0.312 e. The number of likely N-dealkylation sites (tertiary alicyclic amines) is 1. The number of aliphatic hydroxyl groups excluding tert-OH is 1. The normalized spacial score (nSPS) is 27.8. The van der Waals surface area contributed by atoms with E-state index in [1.165, 1.54) is 9.80 Å². The summed E-state index contributed by atoms with van der Waals surface area (Å²) in [6, 6.07) is 5.95. The Balaban J connectivity index is 1.62. The third-order valence-electron chi connectivity index (χ3n) is 8.29. The molecule has 0 saturated carbocycles. The van der Waals surface area contributed by atoms with Gasteiger partial charge in [-0.3, -0.25) is 19.2 Å². The summed E-state index contributed by atoms with van der Waals surface area (Å²) < 4.78 is 17.5. The average Bonchev–Trinajstić information content (AvgIpc) is 3.59. The van der Waals surface area contributed by atoms with Crippen molar-refractivity contribution in [2.24, 2.45) is 11.8 Å². The first-order valence-corrected chi connectivity index (χ1v) is 15.4. The third-order valence-corrected chi connectivity index (χ3v) is 9.14. The van der Waals surface area contributed by atoms with Gasteiger partial charge in [-0.1, -0.05) is 28.1 Å². The van der Waals surface area contributed by atoms with Crippen molar-refractivity contribution in [3.8, 4) is 5.75 Å². The summed E-state index contributed by atoms with van der Waals surface area (Å²) in [6.07, 6.45) is 3.33. The summed E-state index contributed by atoms with van der Waals surface area (Å²) in [4.78, 5) is 56.9. The summed E-state index contributed by atoms with van der Waals surface area (Å²) in [5.41, 5.74) is -0.692. The largest absolute Gasteiger partial charge is 0.497 e. The lowest BCUT2D eigenvalue weighted by atomic mass is 9.70. The molecule has 1 aromatic carbocycles. The molecule has 3 amide bonds. The highest BCUT2D eigenvalue weighted by atomic mass is 79.9. The number of ether oxygens (including phenoxy) is 3. The van der Waals surface area contributed by atoms with Crippen molar-refractivity contribution in [1.29, 1.82) is 0 Å². The molecule has 0 radical (unpaired) electrons. The number of amides is 3. The van der Waals surface area contributed by atoms with Gasteiger partial charge in [-0.25, -0.2) is 0 Å². The molecule has 1 aromatic rings. The minimum Gasteiger partial charge on any atom is -0.497 e. The van der Waals surface area contributed by atoms with Crippen molar-refractivity contribution in [3.63, 3.8) is 0 Å². The second kappa shape index (κ2) is 14.0. The Hall–Kier alpha value is -3.22. The molecule has 1 unspecified atom stereocenters. The molecule has 7 atom stereocenters. The topological polar surface area (TPSA) is 135 Å². The molecular weight excluding hydrogens is 622 g/mol. The van der Waals surface area contributed by atoms with E-state index in [0.717, 1.165) is 0 Å². The highest BCUT2D eigenvalue weighted by Gasteiger charge is 2.77. The van der Waals surface area contributed by atoms with Crippen molar-refractivity contribution >= 4 is 45.3 Å². The number of hydrogen-bond donors (Lipinski definition) is 2. The number of rotatable bonds is 15. The lowest BCUT2D eigenvalue weighted by molar-refractivity contribution is -0.159. The molecule has 43 heavy (non-hydrogen) atoms. The maximum absolute atomic E-state index is 14.5. The van der Waals surface area contributed by atoms with Gasteiger partial charge in [0.05, 0.1) is 31.6 Å². The van der Waals surface area contributed by atoms with Crippen LogP contribution in [0.4, 0.5) is 5.69 Å². The molecule has 3 fully saturated rings. The number of alkyl halides is 1. The van der Waals surface area contributed by atoms with E-state index in [0.29, 0.717) is 24.3 Å². The number of allylic oxidation sites excluding steroid dienone is 1. The number of esters is 1. The highest BCUT2D eigenvalue weighted by Crippen LogP contribution is 2.60. The quantitative estimate of drug-likeness (QED) is 0.166. The van der Waals surface area contributed by atoms with Gasteiger partial charge in [0.1, 0.15) is 23.5 Å². The Morgan fingerprint density at radius 1 is 1.28 bits per heavy atom. The Labute approximate surface area is 260 Å². The molecule has 3 aliphatic rings. The van der Waals surface area contributed by atoms with Crippen LogP contribution in [0.15, 0.2) is 49.6 Å². The Bertz CT molecular complexity index is 1230. The van der Waals surface area contributed by atoms with Crippen LogP contribution in [-0.4, -0.2) is 95.7 Å². The van der Waals surface area contributed by atoms with Crippen LogP contribution in [0.2, 0.25) is 0 Å². The van der Waals surface area contributed by atoms with Crippen LogP contribution in [0.3, 0.4) is 0 Å². The van der Waals surface area contributed by atoms with E-state index in [1.807, 2.05) is 0 Å². The number of nitrogens with one attached hydrogen (secondary N) is 1. The minimum absolute atomic E-state index is 0.115. The molecule has 0 aromatic heterocycles. The number of anilines is 1. The average molecular weight is 663 g/mol. The number of nitrogens with zero attached hydrogens (tertiary/aromatic N) is 2.